The van der Waals surface area contributed by atoms with Gasteiger partial charge in [0.1, 0.15) is 0 Å². The fraction of sp³-hybridized carbons (Fsp3) is 0.739. The summed E-state index contributed by atoms with van der Waals surface area (Å²) in [5.41, 5.74) is 7.78. The SMILES string of the molecule is CCCCCCCCCCCCC(Cc1ccccc1)C(C)(C)N.Cl.O. The Morgan fingerprint density at radius 1 is 0.808 bits per heavy atom. The van der Waals surface area contributed by atoms with Gasteiger partial charge in [0, 0.05) is 5.54 Å². The highest BCUT2D eigenvalue weighted by Gasteiger charge is 2.24. The summed E-state index contributed by atoms with van der Waals surface area (Å²) in [7, 11) is 0. The zero-order valence-corrected chi connectivity index (χ0v) is 18.3. The number of nitrogens with two attached hydrogens (primary N) is 1. The highest BCUT2D eigenvalue weighted by Crippen LogP contribution is 2.25. The van der Waals surface area contributed by atoms with Crippen LogP contribution in [-0.4, -0.2) is 11.0 Å². The molecule has 4 N–H and O–H groups in total. The molecule has 0 heterocycles. The Hall–Kier alpha value is -0.570. The zero-order valence-electron chi connectivity index (χ0n) is 17.4. The number of rotatable bonds is 14. The predicted molar refractivity (Wildman–Crippen MR) is 119 cm³/mol. The second kappa shape index (κ2) is 16.6. The van der Waals surface area contributed by atoms with E-state index in [1.54, 1.807) is 0 Å². The Labute approximate surface area is 169 Å². The van der Waals surface area contributed by atoms with Crippen LogP contribution in [0.2, 0.25) is 0 Å². The standard InChI is InChI=1S/C23H41N.ClH.H2O/c1-4-5-6-7-8-9-10-11-12-16-19-22(23(2,3)24)20-21-17-14-13-15-18-21;;/h13-15,17-18,22H,4-12,16,19-20,24H2,1-3H3;1H;1H2. The van der Waals surface area contributed by atoms with Gasteiger partial charge in [-0.05, 0) is 38.2 Å². The predicted octanol–water partition coefficient (Wildman–Crippen LogP) is 6.49. The summed E-state index contributed by atoms with van der Waals surface area (Å²) in [6, 6.07) is 10.8. The minimum absolute atomic E-state index is 0. The molecule has 26 heavy (non-hydrogen) atoms. The Bertz CT molecular complexity index is 402. The van der Waals surface area contributed by atoms with E-state index in [-0.39, 0.29) is 23.4 Å². The maximum Gasteiger partial charge on any atom is 0.0129 e. The average Bonchev–Trinajstić information content (AvgIpc) is 2.55. The molecule has 0 aliphatic carbocycles. The molecule has 0 aliphatic rings. The van der Waals surface area contributed by atoms with Gasteiger partial charge in [0.25, 0.3) is 0 Å². The van der Waals surface area contributed by atoms with Gasteiger partial charge < -0.3 is 11.2 Å². The van der Waals surface area contributed by atoms with Crippen molar-refractivity contribution < 1.29 is 5.48 Å². The first-order chi connectivity index (χ1) is 11.5. The van der Waals surface area contributed by atoms with Gasteiger partial charge in [0.15, 0.2) is 0 Å². The van der Waals surface area contributed by atoms with E-state index in [1.807, 2.05) is 0 Å². The fourth-order valence-electron chi connectivity index (χ4n) is 3.51. The molecule has 0 aliphatic heterocycles. The molecule has 0 saturated carbocycles. The first-order valence-electron chi connectivity index (χ1n) is 10.4. The van der Waals surface area contributed by atoms with E-state index in [0.29, 0.717) is 5.92 Å². The van der Waals surface area contributed by atoms with Crippen molar-refractivity contribution in [1.82, 2.24) is 0 Å². The van der Waals surface area contributed by atoms with Crippen LogP contribution in [-0.2, 0) is 6.42 Å². The highest BCUT2D eigenvalue weighted by atomic mass is 35.5. The molecule has 0 aromatic heterocycles. The molecule has 1 aromatic carbocycles. The van der Waals surface area contributed by atoms with Crippen LogP contribution in [0.5, 0.6) is 0 Å². The van der Waals surface area contributed by atoms with Crippen LogP contribution in [0.3, 0.4) is 0 Å². The summed E-state index contributed by atoms with van der Waals surface area (Å²) in [6.07, 6.45) is 16.4. The van der Waals surface area contributed by atoms with Gasteiger partial charge in [-0.15, -0.1) is 12.4 Å². The van der Waals surface area contributed by atoms with Gasteiger partial charge in [-0.25, -0.2) is 0 Å². The molecule has 0 amide bonds. The first kappa shape index (κ1) is 27.6. The number of unbranched alkanes of at least 4 members (excludes halogenated alkanes) is 9. The molecule has 154 valence electrons. The molecule has 1 atom stereocenters. The van der Waals surface area contributed by atoms with Crippen molar-refractivity contribution in [3.05, 3.63) is 35.9 Å². The first-order valence-corrected chi connectivity index (χ1v) is 10.4. The van der Waals surface area contributed by atoms with Crippen molar-refractivity contribution >= 4 is 12.4 Å². The molecule has 1 aromatic rings. The average molecular weight is 386 g/mol. The van der Waals surface area contributed by atoms with Crippen molar-refractivity contribution in [2.75, 3.05) is 0 Å². The Kier molecular flexibility index (Phi) is 17.6. The lowest BCUT2D eigenvalue weighted by molar-refractivity contribution is 0.290. The van der Waals surface area contributed by atoms with Gasteiger partial charge in [0.2, 0.25) is 0 Å². The molecule has 0 radical (unpaired) electrons. The maximum absolute atomic E-state index is 6.45. The van der Waals surface area contributed by atoms with Crippen molar-refractivity contribution in [2.45, 2.75) is 103 Å². The van der Waals surface area contributed by atoms with E-state index < -0.39 is 0 Å². The number of hydrogen-bond donors (Lipinski definition) is 1. The Morgan fingerprint density at radius 2 is 1.27 bits per heavy atom. The van der Waals surface area contributed by atoms with Crippen LogP contribution in [0, 0.1) is 5.92 Å². The van der Waals surface area contributed by atoms with Crippen molar-refractivity contribution in [3.8, 4) is 0 Å². The maximum atomic E-state index is 6.45. The molecule has 3 heteroatoms. The fourth-order valence-corrected chi connectivity index (χ4v) is 3.51. The van der Waals surface area contributed by atoms with Crippen LogP contribution in [0.1, 0.15) is 97.0 Å². The summed E-state index contributed by atoms with van der Waals surface area (Å²) >= 11 is 0. The van der Waals surface area contributed by atoms with Gasteiger partial charge in [-0.1, -0.05) is 101 Å². The largest absolute Gasteiger partial charge is 0.412 e. The summed E-state index contributed by atoms with van der Waals surface area (Å²) in [6.45, 7) is 6.67. The van der Waals surface area contributed by atoms with Crippen LogP contribution in [0.15, 0.2) is 30.3 Å². The van der Waals surface area contributed by atoms with E-state index >= 15 is 0 Å². The molecular formula is C23H44ClNO. The minimum atomic E-state index is -0.0882. The number of benzene rings is 1. The third kappa shape index (κ3) is 13.6. The lowest BCUT2D eigenvalue weighted by atomic mass is 9.80. The Balaban J connectivity index is 0. The molecule has 1 rings (SSSR count). The summed E-state index contributed by atoms with van der Waals surface area (Å²) < 4.78 is 0. The van der Waals surface area contributed by atoms with Gasteiger partial charge in [-0.2, -0.15) is 0 Å². The van der Waals surface area contributed by atoms with Crippen molar-refractivity contribution in [3.63, 3.8) is 0 Å². The van der Waals surface area contributed by atoms with E-state index in [9.17, 15) is 0 Å². The van der Waals surface area contributed by atoms with Gasteiger partial charge in [0.05, 0.1) is 0 Å². The smallest absolute Gasteiger partial charge is 0.0129 e. The molecular weight excluding hydrogens is 342 g/mol. The second-order valence-electron chi connectivity index (χ2n) is 8.18. The number of halogens is 1. The molecule has 0 bridgehead atoms. The highest BCUT2D eigenvalue weighted by molar-refractivity contribution is 5.85. The van der Waals surface area contributed by atoms with E-state index in [1.165, 1.54) is 76.2 Å². The van der Waals surface area contributed by atoms with Gasteiger partial charge >= 0.3 is 0 Å². The van der Waals surface area contributed by atoms with Gasteiger partial charge in [-0.3, -0.25) is 0 Å². The van der Waals surface area contributed by atoms with Crippen molar-refractivity contribution in [2.24, 2.45) is 11.7 Å². The number of hydrogen-bond acceptors (Lipinski definition) is 1. The summed E-state index contributed by atoms with van der Waals surface area (Å²) in [4.78, 5) is 0. The molecule has 2 nitrogen and oxygen atoms in total. The van der Waals surface area contributed by atoms with Crippen LogP contribution < -0.4 is 5.73 Å². The lowest BCUT2D eigenvalue weighted by Crippen LogP contribution is -2.42. The molecule has 0 fully saturated rings. The normalized spacial score (nSPS) is 12.2. The van der Waals surface area contributed by atoms with Crippen molar-refractivity contribution in [1.29, 1.82) is 0 Å². The monoisotopic (exact) mass is 385 g/mol. The zero-order chi connectivity index (χ0) is 17.7. The third-order valence-electron chi connectivity index (χ3n) is 5.28. The third-order valence-corrected chi connectivity index (χ3v) is 5.28. The quantitative estimate of drug-likeness (QED) is 0.365. The topological polar surface area (TPSA) is 57.5 Å². The Morgan fingerprint density at radius 3 is 1.73 bits per heavy atom. The second-order valence-corrected chi connectivity index (χ2v) is 8.18. The van der Waals surface area contributed by atoms with E-state index in [4.69, 9.17) is 5.73 Å². The van der Waals surface area contributed by atoms with Crippen LogP contribution in [0.25, 0.3) is 0 Å². The van der Waals surface area contributed by atoms with E-state index in [2.05, 4.69) is 51.1 Å². The lowest BCUT2D eigenvalue weighted by Gasteiger charge is -2.31. The summed E-state index contributed by atoms with van der Waals surface area (Å²) in [5.74, 6) is 0.578. The van der Waals surface area contributed by atoms with Crippen LogP contribution >= 0.6 is 12.4 Å². The molecule has 0 spiro atoms. The molecule has 1 unspecified atom stereocenters. The van der Waals surface area contributed by atoms with Crippen LogP contribution in [0.4, 0.5) is 0 Å². The minimum Gasteiger partial charge on any atom is -0.412 e. The van der Waals surface area contributed by atoms with E-state index in [0.717, 1.165) is 6.42 Å². The summed E-state index contributed by atoms with van der Waals surface area (Å²) in [5, 5.41) is 0. The molecule has 0 saturated heterocycles.